The van der Waals surface area contributed by atoms with E-state index in [-0.39, 0.29) is 17.4 Å². The summed E-state index contributed by atoms with van der Waals surface area (Å²) in [5, 5.41) is 6.93. The van der Waals surface area contributed by atoms with E-state index in [4.69, 9.17) is 0 Å². The van der Waals surface area contributed by atoms with Crippen LogP contribution in [0.2, 0.25) is 0 Å². The van der Waals surface area contributed by atoms with Crippen LogP contribution in [0, 0.1) is 12.7 Å². The lowest BCUT2D eigenvalue weighted by molar-refractivity contribution is 0.102. The normalized spacial score (nSPS) is 10.5. The summed E-state index contributed by atoms with van der Waals surface area (Å²) in [5.41, 5.74) is 2.51. The van der Waals surface area contributed by atoms with Crippen LogP contribution in [0.3, 0.4) is 0 Å². The van der Waals surface area contributed by atoms with E-state index in [1.165, 1.54) is 16.8 Å². The number of nitrogens with zero attached hydrogens (tertiary/aromatic N) is 3. The van der Waals surface area contributed by atoms with Gasteiger partial charge in [0.2, 0.25) is 0 Å². The number of carbonyl (C=O) groups is 1. The van der Waals surface area contributed by atoms with Gasteiger partial charge in [-0.05, 0) is 48.9 Å². The standard InChI is InChI=1S/C16H13FN4O/c1-11-8-13(10-18-9-11)19-16(22)15-6-7-21(20-15)14-4-2-12(17)3-5-14/h2-10H,1H3,(H,19,22). The third kappa shape index (κ3) is 3.01. The first-order valence-corrected chi connectivity index (χ1v) is 6.66. The van der Waals surface area contributed by atoms with Gasteiger partial charge < -0.3 is 5.32 Å². The average Bonchev–Trinajstić information content (AvgIpc) is 2.98. The lowest BCUT2D eigenvalue weighted by atomic mass is 10.3. The molecule has 3 aromatic rings. The zero-order valence-electron chi connectivity index (χ0n) is 11.8. The molecule has 110 valence electrons. The van der Waals surface area contributed by atoms with E-state index in [1.54, 1.807) is 36.8 Å². The molecule has 5 nitrogen and oxygen atoms in total. The monoisotopic (exact) mass is 296 g/mol. The summed E-state index contributed by atoms with van der Waals surface area (Å²) in [4.78, 5) is 16.2. The second-order valence-electron chi connectivity index (χ2n) is 4.83. The topological polar surface area (TPSA) is 59.8 Å². The van der Waals surface area contributed by atoms with Crippen LogP contribution in [0.4, 0.5) is 10.1 Å². The molecule has 2 aromatic heterocycles. The number of aryl methyl sites for hydroxylation is 1. The summed E-state index contributed by atoms with van der Waals surface area (Å²) in [6, 6.07) is 9.29. The number of halogens is 1. The van der Waals surface area contributed by atoms with Gasteiger partial charge >= 0.3 is 0 Å². The van der Waals surface area contributed by atoms with Gasteiger partial charge in [-0.1, -0.05) is 0 Å². The van der Waals surface area contributed by atoms with Crippen LogP contribution in [-0.2, 0) is 0 Å². The summed E-state index contributed by atoms with van der Waals surface area (Å²) in [5.74, 6) is -0.644. The Morgan fingerprint density at radius 3 is 2.68 bits per heavy atom. The second kappa shape index (κ2) is 5.77. The molecule has 2 heterocycles. The number of hydrogen-bond donors (Lipinski definition) is 1. The fraction of sp³-hybridized carbons (Fsp3) is 0.0625. The highest BCUT2D eigenvalue weighted by Gasteiger charge is 2.11. The summed E-state index contributed by atoms with van der Waals surface area (Å²) >= 11 is 0. The molecule has 22 heavy (non-hydrogen) atoms. The van der Waals surface area contributed by atoms with Crippen molar-refractivity contribution in [2.45, 2.75) is 6.92 Å². The summed E-state index contributed by atoms with van der Waals surface area (Å²) in [7, 11) is 0. The van der Waals surface area contributed by atoms with Crippen molar-refractivity contribution in [1.82, 2.24) is 14.8 Å². The highest BCUT2D eigenvalue weighted by molar-refractivity contribution is 6.02. The molecule has 0 spiro atoms. The molecule has 1 amide bonds. The average molecular weight is 296 g/mol. The van der Waals surface area contributed by atoms with Gasteiger partial charge in [-0.15, -0.1) is 0 Å². The summed E-state index contributed by atoms with van der Waals surface area (Å²) < 4.78 is 14.4. The number of aromatic nitrogens is 3. The minimum atomic E-state index is -0.326. The van der Waals surface area contributed by atoms with E-state index < -0.39 is 0 Å². The Labute approximate surface area is 126 Å². The van der Waals surface area contributed by atoms with E-state index in [0.29, 0.717) is 11.4 Å². The van der Waals surface area contributed by atoms with E-state index >= 15 is 0 Å². The van der Waals surface area contributed by atoms with Crippen LogP contribution in [0.15, 0.2) is 55.0 Å². The molecule has 0 fully saturated rings. The van der Waals surface area contributed by atoms with Crippen LogP contribution in [0.25, 0.3) is 5.69 Å². The number of carbonyl (C=O) groups excluding carboxylic acids is 1. The van der Waals surface area contributed by atoms with Crippen molar-refractivity contribution in [2.24, 2.45) is 0 Å². The molecule has 0 aliphatic carbocycles. The van der Waals surface area contributed by atoms with Crippen LogP contribution in [-0.4, -0.2) is 20.7 Å². The van der Waals surface area contributed by atoms with Gasteiger partial charge in [-0.2, -0.15) is 5.10 Å². The van der Waals surface area contributed by atoms with E-state index in [1.807, 2.05) is 13.0 Å². The third-order valence-electron chi connectivity index (χ3n) is 3.05. The minimum Gasteiger partial charge on any atom is -0.319 e. The maximum Gasteiger partial charge on any atom is 0.276 e. The number of nitrogens with one attached hydrogen (secondary N) is 1. The van der Waals surface area contributed by atoms with E-state index in [2.05, 4.69) is 15.4 Å². The largest absolute Gasteiger partial charge is 0.319 e. The Kier molecular flexibility index (Phi) is 3.65. The first kappa shape index (κ1) is 13.9. The van der Waals surface area contributed by atoms with Crippen molar-refractivity contribution < 1.29 is 9.18 Å². The molecule has 0 atom stereocenters. The minimum absolute atomic E-state index is 0.269. The molecule has 3 rings (SSSR count). The highest BCUT2D eigenvalue weighted by atomic mass is 19.1. The fourth-order valence-electron chi connectivity index (χ4n) is 2.00. The molecule has 0 aliphatic rings. The number of anilines is 1. The third-order valence-corrected chi connectivity index (χ3v) is 3.05. The molecule has 0 radical (unpaired) electrons. The summed E-state index contributed by atoms with van der Waals surface area (Å²) in [6.07, 6.45) is 4.93. The molecule has 1 aromatic carbocycles. The maximum absolute atomic E-state index is 12.9. The number of rotatable bonds is 3. The first-order valence-electron chi connectivity index (χ1n) is 6.66. The molecular formula is C16H13FN4O. The van der Waals surface area contributed by atoms with Crippen molar-refractivity contribution in [1.29, 1.82) is 0 Å². The van der Waals surface area contributed by atoms with E-state index in [0.717, 1.165) is 5.56 Å². The quantitative estimate of drug-likeness (QED) is 0.808. The Morgan fingerprint density at radius 1 is 1.18 bits per heavy atom. The molecule has 0 saturated heterocycles. The van der Waals surface area contributed by atoms with Crippen LogP contribution in [0.1, 0.15) is 16.1 Å². The number of amides is 1. The van der Waals surface area contributed by atoms with Crippen molar-refractivity contribution in [3.05, 3.63) is 72.1 Å². The lowest BCUT2D eigenvalue weighted by Gasteiger charge is -2.03. The molecule has 0 aliphatic heterocycles. The Hall–Kier alpha value is -3.02. The molecule has 0 unspecified atom stereocenters. The SMILES string of the molecule is Cc1cncc(NC(=O)c2ccn(-c3ccc(F)cc3)n2)c1. The highest BCUT2D eigenvalue weighted by Crippen LogP contribution is 2.11. The van der Waals surface area contributed by atoms with Gasteiger partial charge in [0.25, 0.3) is 5.91 Å². The Morgan fingerprint density at radius 2 is 1.95 bits per heavy atom. The maximum atomic E-state index is 12.9. The summed E-state index contributed by atoms with van der Waals surface area (Å²) in [6.45, 7) is 1.89. The second-order valence-corrected chi connectivity index (χ2v) is 4.83. The van der Waals surface area contributed by atoms with Crippen LogP contribution < -0.4 is 5.32 Å². The fourth-order valence-corrected chi connectivity index (χ4v) is 2.00. The molecule has 6 heteroatoms. The molecule has 0 bridgehead atoms. The zero-order chi connectivity index (χ0) is 15.5. The van der Waals surface area contributed by atoms with Crippen molar-refractivity contribution in [3.8, 4) is 5.69 Å². The lowest BCUT2D eigenvalue weighted by Crippen LogP contribution is -2.13. The van der Waals surface area contributed by atoms with Crippen LogP contribution >= 0.6 is 0 Å². The van der Waals surface area contributed by atoms with Crippen molar-refractivity contribution >= 4 is 11.6 Å². The van der Waals surface area contributed by atoms with Gasteiger partial charge in [0.05, 0.1) is 17.6 Å². The number of pyridine rings is 1. The number of benzene rings is 1. The van der Waals surface area contributed by atoms with Gasteiger partial charge in [-0.3, -0.25) is 9.78 Å². The first-order chi connectivity index (χ1) is 10.6. The van der Waals surface area contributed by atoms with Gasteiger partial charge in [0.15, 0.2) is 5.69 Å². The van der Waals surface area contributed by atoms with Crippen LogP contribution in [0.5, 0.6) is 0 Å². The smallest absolute Gasteiger partial charge is 0.276 e. The van der Waals surface area contributed by atoms with Gasteiger partial charge in [-0.25, -0.2) is 9.07 Å². The zero-order valence-corrected chi connectivity index (χ0v) is 11.8. The molecular weight excluding hydrogens is 283 g/mol. The predicted octanol–water partition coefficient (Wildman–Crippen LogP) is 2.97. The molecule has 0 saturated carbocycles. The number of hydrogen-bond acceptors (Lipinski definition) is 3. The van der Waals surface area contributed by atoms with Gasteiger partial charge in [0.1, 0.15) is 5.82 Å². The van der Waals surface area contributed by atoms with Crippen molar-refractivity contribution in [2.75, 3.05) is 5.32 Å². The van der Waals surface area contributed by atoms with Crippen molar-refractivity contribution in [3.63, 3.8) is 0 Å². The van der Waals surface area contributed by atoms with Gasteiger partial charge in [0, 0.05) is 12.4 Å². The predicted molar refractivity (Wildman–Crippen MR) is 80.4 cm³/mol. The van der Waals surface area contributed by atoms with E-state index in [9.17, 15) is 9.18 Å². The Balaban J connectivity index is 1.78. The Bertz CT molecular complexity index is 811. The molecule has 1 N–H and O–H groups in total.